The Morgan fingerprint density at radius 2 is 1.83 bits per heavy atom. The second-order valence-corrected chi connectivity index (χ2v) is 9.27. The van der Waals surface area contributed by atoms with Gasteiger partial charge in [0, 0.05) is 49.7 Å². The number of nitro benzene ring substituents is 1. The number of halogens is 1. The highest BCUT2D eigenvalue weighted by molar-refractivity contribution is 5.82. The number of rotatable bonds is 5. The summed E-state index contributed by atoms with van der Waals surface area (Å²) < 4.78 is 13.2. The van der Waals surface area contributed by atoms with E-state index in [2.05, 4.69) is 46.3 Å². The number of nitrogens with one attached hydrogen (secondary N) is 1. The number of hydrogen-bond donors (Lipinski definition) is 1. The number of fused-ring (bicyclic) bond motifs is 3. The van der Waals surface area contributed by atoms with E-state index in [0.29, 0.717) is 26.1 Å². The number of nitrogens with zero attached hydrogens (tertiary/aromatic N) is 3. The zero-order valence-electron chi connectivity index (χ0n) is 19.5. The molecule has 2 aliphatic heterocycles. The van der Waals surface area contributed by atoms with Crippen LogP contribution in [-0.2, 0) is 17.8 Å². The van der Waals surface area contributed by atoms with Crippen LogP contribution in [0.1, 0.15) is 16.7 Å². The number of piperazine rings is 1. The van der Waals surface area contributed by atoms with E-state index in [1.165, 1.54) is 23.8 Å². The van der Waals surface area contributed by atoms with Crippen molar-refractivity contribution in [1.29, 1.82) is 0 Å². The van der Waals surface area contributed by atoms with E-state index in [1.54, 1.807) is 18.2 Å². The number of amides is 1. The van der Waals surface area contributed by atoms with E-state index >= 15 is 0 Å². The number of hydrogen-bond acceptors (Lipinski definition) is 5. The predicted molar refractivity (Wildman–Crippen MR) is 133 cm³/mol. The molecule has 0 aromatic heterocycles. The van der Waals surface area contributed by atoms with E-state index in [0.717, 1.165) is 29.0 Å². The predicted octanol–water partition coefficient (Wildman–Crippen LogP) is 4.23. The van der Waals surface area contributed by atoms with Gasteiger partial charge in [0.15, 0.2) is 0 Å². The van der Waals surface area contributed by atoms with Crippen LogP contribution >= 0.6 is 0 Å². The van der Waals surface area contributed by atoms with Gasteiger partial charge in [-0.25, -0.2) is 4.39 Å². The van der Waals surface area contributed by atoms with E-state index < -0.39 is 4.92 Å². The van der Waals surface area contributed by atoms with Crippen molar-refractivity contribution in [3.63, 3.8) is 0 Å². The summed E-state index contributed by atoms with van der Waals surface area (Å²) in [5, 5.41) is 14.4. The molecule has 3 aromatic carbocycles. The number of non-ortho nitro benzene ring substituents is 1. The Kier molecular flexibility index (Phi) is 6.11. The fourth-order valence-corrected chi connectivity index (χ4v) is 5.14. The number of anilines is 2. The highest BCUT2D eigenvalue weighted by atomic mass is 19.1. The summed E-state index contributed by atoms with van der Waals surface area (Å²) in [6, 6.07) is 19.3. The number of nitro groups is 1. The van der Waals surface area contributed by atoms with Gasteiger partial charge in [-0.1, -0.05) is 29.8 Å². The molecule has 0 radical (unpaired) electrons. The Morgan fingerprint density at radius 3 is 2.54 bits per heavy atom. The van der Waals surface area contributed by atoms with Crippen LogP contribution in [0.3, 0.4) is 0 Å². The second kappa shape index (κ2) is 9.37. The molecule has 8 heteroatoms. The molecule has 1 fully saturated rings. The van der Waals surface area contributed by atoms with Gasteiger partial charge < -0.3 is 15.1 Å². The highest BCUT2D eigenvalue weighted by Gasteiger charge is 2.42. The first-order valence-corrected chi connectivity index (χ1v) is 11.8. The van der Waals surface area contributed by atoms with Gasteiger partial charge >= 0.3 is 0 Å². The lowest BCUT2D eigenvalue weighted by atomic mass is 9.83. The van der Waals surface area contributed by atoms with Crippen LogP contribution in [-0.4, -0.2) is 36.5 Å². The minimum Gasteiger partial charge on any atom is -0.368 e. The van der Waals surface area contributed by atoms with E-state index in [9.17, 15) is 19.3 Å². The zero-order valence-corrected chi connectivity index (χ0v) is 19.5. The summed E-state index contributed by atoms with van der Waals surface area (Å²) in [7, 11) is 0. The lowest BCUT2D eigenvalue weighted by Crippen LogP contribution is -2.61. The first-order valence-electron chi connectivity index (χ1n) is 11.8. The third-order valence-corrected chi connectivity index (χ3v) is 7.02. The van der Waals surface area contributed by atoms with Crippen molar-refractivity contribution < 1.29 is 14.1 Å². The van der Waals surface area contributed by atoms with Crippen LogP contribution in [0.15, 0.2) is 66.7 Å². The molecule has 0 aliphatic carbocycles. The summed E-state index contributed by atoms with van der Waals surface area (Å²) in [6.07, 6.45) is 0.426. The average molecular weight is 475 g/mol. The van der Waals surface area contributed by atoms with Gasteiger partial charge in [-0.3, -0.25) is 14.9 Å². The Hall–Kier alpha value is -3.94. The summed E-state index contributed by atoms with van der Waals surface area (Å²) >= 11 is 0. The number of benzene rings is 3. The quantitative estimate of drug-likeness (QED) is 0.442. The molecule has 0 spiro atoms. The van der Waals surface area contributed by atoms with E-state index in [1.807, 2.05) is 6.07 Å². The van der Waals surface area contributed by atoms with Crippen molar-refractivity contribution in [2.75, 3.05) is 29.4 Å². The largest absolute Gasteiger partial charge is 0.368 e. The van der Waals surface area contributed by atoms with Crippen molar-refractivity contribution in [3.05, 3.63) is 99.4 Å². The molecule has 2 heterocycles. The van der Waals surface area contributed by atoms with Gasteiger partial charge in [-0.2, -0.15) is 0 Å². The first kappa shape index (κ1) is 22.8. The Balaban J connectivity index is 1.42. The summed E-state index contributed by atoms with van der Waals surface area (Å²) in [6.45, 7) is 4.53. The normalized spacial score (nSPS) is 19.0. The molecule has 5 rings (SSSR count). The highest BCUT2D eigenvalue weighted by Crippen LogP contribution is 2.38. The van der Waals surface area contributed by atoms with Crippen LogP contribution in [0, 0.1) is 28.8 Å². The summed E-state index contributed by atoms with van der Waals surface area (Å²) in [5.74, 6) is -0.801. The molecule has 2 aliphatic rings. The molecule has 3 aromatic rings. The van der Waals surface area contributed by atoms with Gasteiger partial charge in [-0.15, -0.1) is 0 Å². The molecule has 2 atom stereocenters. The molecule has 0 unspecified atom stereocenters. The monoisotopic (exact) mass is 474 g/mol. The fourth-order valence-electron chi connectivity index (χ4n) is 5.14. The maximum absolute atomic E-state index is 13.4. The molecular weight excluding hydrogens is 447 g/mol. The Bertz CT molecular complexity index is 1250. The third-order valence-electron chi connectivity index (χ3n) is 7.02. The van der Waals surface area contributed by atoms with E-state index in [-0.39, 0.29) is 29.4 Å². The lowest BCUT2D eigenvalue weighted by Gasteiger charge is -2.49. The molecule has 1 saturated heterocycles. The van der Waals surface area contributed by atoms with Gasteiger partial charge in [0.25, 0.3) is 5.69 Å². The zero-order chi connectivity index (χ0) is 24.5. The standard InChI is InChI=1S/C27H27FN4O3/c1-18-2-8-22(9-3-18)30-12-13-31-25-11-10-23(32(34)35)14-20(25)15-24(26(31)17-30)27(33)29-16-19-4-6-21(28)7-5-19/h2-11,14,24,26H,12-13,15-17H2,1H3,(H,29,33)/t24-,26-/m1/s1. The van der Waals surface area contributed by atoms with Gasteiger partial charge in [0.05, 0.1) is 16.9 Å². The molecule has 35 heavy (non-hydrogen) atoms. The molecule has 1 N–H and O–H groups in total. The van der Waals surface area contributed by atoms with Crippen molar-refractivity contribution in [1.82, 2.24) is 5.32 Å². The van der Waals surface area contributed by atoms with Gasteiger partial charge in [-0.05, 0) is 54.8 Å². The molecule has 0 bridgehead atoms. The SMILES string of the molecule is Cc1ccc(N2CCN3c4ccc([N+](=O)[O-])cc4C[C@@H](C(=O)NCc4ccc(F)cc4)[C@H]3C2)cc1. The number of aryl methyl sites for hydroxylation is 1. The van der Waals surface area contributed by atoms with Crippen LogP contribution in [0.4, 0.5) is 21.5 Å². The molecule has 1 amide bonds. The summed E-state index contributed by atoms with van der Waals surface area (Å²) in [5.41, 5.74) is 4.95. The average Bonchev–Trinajstić information content (AvgIpc) is 2.87. The first-order chi connectivity index (χ1) is 16.9. The van der Waals surface area contributed by atoms with Crippen LogP contribution in [0.2, 0.25) is 0 Å². The third kappa shape index (κ3) is 4.69. The number of carbonyl (C=O) groups is 1. The van der Waals surface area contributed by atoms with Crippen molar-refractivity contribution >= 4 is 23.0 Å². The Labute approximate surface area is 203 Å². The van der Waals surface area contributed by atoms with Crippen LogP contribution in [0.25, 0.3) is 0 Å². The minimum atomic E-state index is -0.398. The van der Waals surface area contributed by atoms with Crippen LogP contribution in [0.5, 0.6) is 0 Å². The van der Waals surface area contributed by atoms with Crippen molar-refractivity contribution in [3.8, 4) is 0 Å². The van der Waals surface area contributed by atoms with E-state index in [4.69, 9.17) is 0 Å². The summed E-state index contributed by atoms with van der Waals surface area (Å²) in [4.78, 5) is 29.0. The second-order valence-electron chi connectivity index (χ2n) is 9.27. The van der Waals surface area contributed by atoms with Gasteiger partial charge in [0.1, 0.15) is 5.82 Å². The maximum Gasteiger partial charge on any atom is 0.269 e. The minimum absolute atomic E-state index is 0.0333. The molecule has 0 saturated carbocycles. The lowest BCUT2D eigenvalue weighted by molar-refractivity contribution is -0.384. The van der Waals surface area contributed by atoms with Gasteiger partial charge in [0.2, 0.25) is 5.91 Å². The smallest absolute Gasteiger partial charge is 0.269 e. The molecular formula is C27H27FN4O3. The molecule has 180 valence electrons. The fraction of sp³-hybridized carbons (Fsp3) is 0.296. The number of carbonyl (C=O) groups excluding carboxylic acids is 1. The van der Waals surface area contributed by atoms with Crippen molar-refractivity contribution in [2.45, 2.75) is 25.9 Å². The van der Waals surface area contributed by atoms with Crippen molar-refractivity contribution in [2.24, 2.45) is 5.92 Å². The topological polar surface area (TPSA) is 78.7 Å². The molecule has 7 nitrogen and oxygen atoms in total. The maximum atomic E-state index is 13.4. The van der Waals surface area contributed by atoms with Crippen LogP contribution < -0.4 is 15.1 Å². The Morgan fingerprint density at radius 1 is 1.09 bits per heavy atom.